The first-order chi connectivity index (χ1) is 14.2. The van der Waals surface area contributed by atoms with E-state index in [1.54, 1.807) is 6.20 Å². The molecule has 3 aromatic carbocycles. The summed E-state index contributed by atoms with van der Waals surface area (Å²) in [6, 6.07) is 22.4. The van der Waals surface area contributed by atoms with Gasteiger partial charge in [-0.05, 0) is 34.4 Å². The lowest BCUT2D eigenvalue weighted by Crippen LogP contribution is -2.34. The smallest absolute Gasteiger partial charge is 0.315 e. The van der Waals surface area contributed by atoms with Crippen LogP contribution in [-0.4, -0.2) is 15.6 Å². The molecule has 4 aromatic rings. The van der Waals surface area contributed by atoms with Crippen molar-refractivity contribution in [1.82, 2.24) is 20.2 Å². The standard InChI is InChI=1S/C24H24N4O/c1-18-25-12-13-28(18)17-20-7-4-6-19(14-20)15-26-24(29)27-16-22-10-5-9-21-8-2-3-11-23(21)22/h2-14H,15-17H2,1H3,(H2,26,27,29). The lowest BCUT2D eigenvalue weighted by Gasteiger charge is -2.11. The van der Waals surface area contributed by atoms with Crippen LogP contribution in [0.2, 0.25) is 0 Å². The fourth-order valence-electron chi connectivity index (χ4n) is 3.47. The quantitative estimate of drug-likeness (QED) is 0.518. The number of carbonyl (C=O) groups excluding carboxylic acids is 1. The highest BCUT2D eigenvalue weighted by Crippen LogP contribution is 2.18. The third kappa shape index (κ3) is 4.63. The second-order valence-electron chi connectivity index (χ2n) is 7.10. The minimum absolute atomic E-state index is 0.172. The molecule has 0 aliphatic rings. The molecular formula is C24H24N4O. The molecule has 2 amide bonds. The van der Waals surface area contributed by atoms with Gasteiger partial charge in [0.2, 0.25) is 0 Å². The summed E-state index contributed by atoms with van der Waals surface area (Å²) < 4.78 is 2.10. The predicted octanol–water partition coefficient (Wildman–Crippen LogP) is 4.39. The highest BCUT2D eigenvalue weighted by Gasteiger charge is 2.05. The van der Waals surface area contributed by atoms with Crippen molar-refractivity contribution in [3.63, 3.8) is 0 Å². The highest BCUT2D eigenvalue weighted by atomic mass is 16.2. The number of imidazole rings is 1. The van der Waals surface area contributed by atoms with Crippen LogP contribution in [-0.2, 0) is 19.6 Å². The summed E-state index contributed by atoms with van der Waals surface area (Å²) in [4.78, 5) is 16.5. The van der Waals surface area contributed by atoms with E-state index < -0.39 is 0 Å². The Kier molecular flexibility index (Phi) is 5.56. The number of urea groups is 1. The van der Waals surface area contributed by atoms with Gasteiger partial charge in [-0.15, -0.1) is 0 Å². The number of nitrogens with zero attached hydrogens (tertiary/aromatic N) is 2. The van der Waals surface area contributed by atoms with Crippen LogP contribution in [0.3, 0.4) is 0 Å². The molecule has 0 radical (unpaired) electrons. The fourth-order valence-corrected chi connectivity index (χ4v) is 3.47. The lowest BCUT2D eigenvalue weighted by molar-refractivity contribution is 0.240. The number of rotatable bonds is 6. The second kappa shape index (κ2) is 8.61. The van der Waals surface area contributed by atoms with E-state index in [1.807, 2.05) is 49.5 Å². The van der Waals surface area contributed by atoms with Crippen molar-refractivity contribution in [3.05, 3.63) is 102 Å². The van der Waals surface area contributed by atoms with Crippen LogP contribution < -0.4 is 10.6 Å². The first-order valence-electron chi connectivity index (χ1n) is 9.73. The highest BCUT2D eigenvalue weighted by molar-refractivity contribution is 5.86. The summed E-state index contributed by atoms with van der Waals surface area (Å²) in [6.45, 7) is 3.74. The van der Waals surface area contributed by atoms with Crippen molar-refractivity contribution >= 4 is 16.8 Å². The zero-order valence-electron chi connectivity index (χ0n) is 16.4. The Bertz CT molecular complexity index is 1130. The van der Waals surface area contributed by atoms with E-state index in [0.717, 1.165) is 28.9 Å². The SMILES string of the molecule is Cc1nccn1Cc1cccc(CNC(=O)NCc2cccc3ccccc23)c1. The zero-order valence-corrected chi connectivity index (χ0v) is 16.4. The second-order valence-corrected chi connectivity index (χ2v) is 7.10. The van der Waals surface area contributed by atoms with Crippen molar-refractivity contribution in [2.75, 3.05) is 0 Å². The monoisotopic (exact) mass is 384 g/mol. The Morgan fingerprint density at radius 1 is 0.931 bits per heavy atom. The molecule has 146 valence electrons. The van der Waals surface area contributed by atoms with Crippen LogP contribution in [0.4, 0.5) is 4.79 Å². The lowest BCUT2D eigenvalue weighted by atomic mass is 10.0. The van der Waals surface area contributed by atoms with E-state index in [1.165, 1.54) is 10.9 Å². The molecule has 0 spiro atoms. The van der Waals surface area contributed by atoms with Gasteiger partial charge in [-0.25, -0.2) is 9.78 Å². The van der Waals surface area contributed by atoms with Gasteiger partial charge < -0.3 is 15.2 Å². The Hall–Kier alpha value is -3.60. The molecule has 5 heteroatoms. The fraction of sp³-hybridized carbons (Fsp3) is 0.167. The number of hydrogen-bond donors (Lipinski definition) is 2. The predicted molar refractivity (Wildman–Crippen MR) is 116 cm³/mol. The van der Waals surface area contributed by atoms with Gasteiger partial charge in [0.05, 0.1) is 0 Å². The van der Waals surface area contributed by atoms with E-state index in [-0.39, 0.29) is 6.03 Å². The van der Waals surface area contributed by atoms with Crippen LogP contribution >= 0.6 is 0 Å². The van der Waals surface area contributed by atoms with E-state index in [9.17, 15) is 4.79 Å². The van der Waals surface area contributed by atoms with E-state index >= 15 is 0 Å². The van der Waals surface area contributed by atoms with Crippen LogP contribution in [0.25, 0.3) is 10.8 Å². The maximum absolute atomic E-state index is 12.3. The molecule has 0 saturated heterocycles. The van der Waals surface area contributed by atoms with E-state index in [0.29, 0.717) is 13.1 Å². The Morgan fingerprint density at radius 2 is 1.69 bits per heavy atom. The molecule has 0 unspecified atom stereocenters. The Balaban J connectivity index is 1.33. The zero-order chi connectivity index (χ0) is 20.1. The van der Waals surface area contributed by atoms with Gasteiger partial charge in [-0.2, -0.15) is 0 Å². The number of amides is 2. The number of hydrogen-bond acceptors (Lipinski definition) is 2. The molecular weight excluding hydrogens is 360 g/mol. The Labute approximate surface area is 170 Å². The number of aryl methyl sites for hydroxylation is 1. The minimum atomic E-state index is -0.172. The molecule has 1 heterocycles. The normalized spacial score (nSPS) is 10.8. The topological polar surface area (TPSA) is 59.0 Å². The number of nitrogens with one attached hydrogen (secondary N) is 2. The molecule has 29 heavy (non-hydrogen) atoms. The molecule has 0 atom stereocenters. The average Bonchev–Trinajstić information content (AvgIpc) is 3.15. The molecule has 5 nitrogen and oxygen atoms in total. The van der Waals surface area contributed by atoms with Crippen LogP contribution in [0.15, 0.2) is 79.1 Å². The molecule has 0 saturated carbocycles. The van der Waals surface area contributed by atoms with E-state index in [4.69, 9.17) is 0 Å². The summed E-state index contributed by atoms with van der Waals surface area (Å²) in [5, 5.41) is 8.25. The van der Waals surface area contributed by atoms with Crippen LogP contribution in [0, 0.1) is 6.92 Å². The van der Waals surface area contributed by atoms with E-state index in [2.05, 4.69) is 50.5 Å². The largest absolute Gasteiger partial charge is 0.334 e. The maximum Gasteiger partial charge on any atom is 0.315 e. The summed E-state index contributed by atoms with van der Waals surface area (Å²) in [7, 11) is 0. The van der Waals surface area contributed by atoms with Gasteiger partial charge in [-0.1, -0.05) is 66.7 Å². The van der Waals surface area contributed by atoms with Gasteiger partial charge in [0.1, 0.15) is 5.82 Å². The van der Waals surface area contributed by atoms with Gasteiger partial charge in [0, 0.05) is 32.0 Å². The summed E-state index contributed by atoms with van der Waals surface area (Å²) in [5.41, 5.74) is 3.36. The molecule has 0 fully saturated rings. The van der Waals surface area contributed by atoms with Crippen molar-refractivity contribution in [2.24, 2.45) is 0 Å². The Morgan fingerprint density at radius 3 is 2.55 bits per heavy atom. The number of fused-ring (bicyclic) bond motifs is 1. The molecule has 4 rings (SSSR count). The van der Waals surface area contributed by atoms with Crippen molar-refractivity contribution in [2.45, 2.75) is 26.6 Å². The molecule has 0 aliphatic heterocycles. The minimum Gasteiger partial charge on any atom is -0.334 e. The van der Waals surface area contributed by atoms with Gasteiger partial charge in [-0.3, -0.25) is 0 Å². The van der Waals surface area contributed by atoms with Crippen molar-refractivity contribution < 1.29 is 4.79 Å². The molecule has 1 aromatic heterocycles. The maximum atomic E-state index is 12.3. The van der Waals surface area contributed by atoms with Crippen LogP contribution in [0.5, 0.6) is 0 Å². The molecule has 2 N–H and O–H groups in total. The van der Waals surface area contributed by atoms with Gasteiger partial charge >= 0.3 is 6.03 Å². The van der Waals surface area contributed by atoms with Gasteiger partial charge in [0.15, 0.2) is 0 Å². The molecule has 0 bridgehead atoms. The van der Waals surface area contributed by atoms with Crippen molar-refractivity contribution in [1.29, 1.82) is 0 Å². The average molecular weight is 384 g/mol. The number of carbonyl (C=O) groups is 1. The van der Waals surface area contributed by atoms with Gasteiger partial charge in [0.25, 0.3) is 0 Å². The summed E-state index contributed by atoms with van der Waals surface area (Å²) >= 11 is 0. The number of benzene rings is 3. The summed E-state index contributed by atoms with van der Waals surface area (Å²) in [6.07, 6.45) is 3.78. The third-order valence-corrected chi connectivity index (χ3v) is 5.04. The summed E-state index contributed by atoms with van der Waals surface area (Å²) in [5.74, 6) is 0.987. The first-order valence-corrected chi connectivity index (χ1v) is 9.73. The van der Waals surface area contributed by atoms with Crippen LogP contribution in [0.1, 0.15) is 22.5 Å². The third-order valence-electron chi connectivity index (χ3n) is 5.04. The van der Waals surface area contributed by atoms with Crippen molar-refractivity contribution in [3.8, 4) is 0 Å². The number of aromatic nitrogens is 2. The first kappa shape index (κ1) is 18.7. The molecule has 0 aliphatic carbocycles.